The van der Waals surface area contributed by atoms with Crippen molar-refractivity contribution in [2.24, 2.45) is 5.92 Å². The molecule has 14 heavy (non-hydrogen) atoms. The Kier molecular flexibility index (Phi) is 3.28. The summed E-state index contributed by atoms with van der Waals surface area (Å²) in [6.45, 7) is 3.39. The molecule has 1 unspecified atom stereocenters. The number of allylic oxidation sites excluding steroid dienone is 2. The highest BCUT2D eigenvalue weighted by molar-refractivity contribution is 5.14. The fourth-order valence-corrected chi connectivity index (χ4v) is 2.77. The van der Waals surface area contributed by atoms with Gasteiger partial charge in [0.05, 0.1) is 0 Å². The second-order valence-corrected chi connectivity index (χ2v) is 4.45. The second kappa shape index (κ2) is 4.68. The van der Waals surface area contributed by atoms with Gasteiger partial charge in [-0.3, -0.25) is 0 Å². The molecule has 1 fully saturated rings. The molecule has 1 saturated carbocycles. The third-order valence-corrected chi connectivity index (χ3v) is 3.58. The molecule has 0 aromatic carbocycles. The Morgan fingerprint density at radius 3 is 2.64 bits per heavy atom. The van der Waals surface area contributed by atoms with Gasteiger partial charge in [0.25, 0.3) is 0 Å². The predicted octanol–water partition coefficient (Wildman–Crippen LogP) is 3.34. The van der Waals surface area contributed by atoms with Crippen molar-refractivity contribution < 1.29 is 0 Å². The van der Waals surface area contributed by atoms with Crippen LogP contribution in [0.5, 0.6) is 0 Å². The summed E-state index contributed by atoms with van der Waals surface area (Å²) in [5.41, 5.74) is 0. The topological polar surface area (TPSA) is 3.24 Å². The monoisotopic (exact) mass is 191 g/mol. The lowest BCUT2D eigenvalue weighted by Gasteiger charge is -2.37. The molecular formula is C13H21N. The second-order valence-electron chi connectivity index (χ2n) is 4.45. The Bertz CT molecular complexity index is 223. The first-order chi connectivity index (χ1) is 6.92. The Labute approximate surface area is 87.5 Å². The lowest BCUT2D eigenvalue weighted by atomic mass is 9.82. The van der Waals surface area contributed by atoms with E-state index in [1.54, 1.807) is 0 Å². The molecule has 78 valence electrons. The number of hydrogen-bond acceptors (Lipinski definition) is 1. The van der Waals surface area contributed by atoms with Crippen LogP contribution in [0.2, 0.25) is 0 Å². The average Bonchev–Trinajstić information content (AvgIpc) is 2.30. The minimum Gasteiger partial charge on any atom is -0.371 e. The Balaban J connectivity index is 2.00. The highest BCUT2D eigenvalue weighted by atomic mass is 15.1. The van der Waals surface area contributed by atoms with Gasteiger partial charge < -0.3 is 4.90 Å². The maximum Gasteiger partial charge on any atom is 0.0498 e. The van der Waals surface area contributed by atoms with Gasteiger partial charge in [-0.05, 0) is 38.0 Å². The van der Waals surface area contributed by atoms with Gasteiger partial charge in [0, 0.05) is 12.6 Å². The summed E-state index contributed by atoms with van der Waals surface area (Å²) in [5.74, 6) is 0.907. The standard InChI is InChI=1S/C13H21N/c1-2-14-11-7-6-10-13(14)12-8-4-3-5-9-12/h6-7,10-13H,2-5,8-9H2,1H3. The largest absolute Gasteiger partial charge is 0.371 e. The summed E-state index contributed by atoms with van der Waals surface area (Å²) < 4.78 is 0. The summed E-state index contributed by atoms with van der Waals surface area (Å²) in [7, 11) is 0. The van der Waals surface area contributed by atoms with Crippen LogP contribution in [0.25, 0.3) is 0 Å². The van der Waals surface area contributed by atoms with Gasteiger partial charge in [-0.15, -0.1) is 0 Å². The van der Waals surface area contributed by atoms with Gasteiger partial charge in [-0.2, -0.15) is 0 Å². The van der Waals surface area contributed by atoms with E-state index in [2.05, 4.69) is 36.3 Å². The van der Waals surface area contributed by atoms with Crippen LogP contribution >= 0.6 is 0 Å². The van der Waals surface area contributed by atoms with Crippen molar-refractivity contribution in [3.05, 3.63) is 24.4 Å². The molecule has 1 atom stereocenters. The van der Waals surface area contributed by atoms with E-state index in [9.17, 15) is 0 Å². The van der Waals surface area contributed by atoms with E-state index >= 15 is 0 Å². The summed E-state index contributed by atoms with van der Waals surface area (Å²) in [4.78, 5) is 2.48. The molecule has 1 nitrogen and oxygen atoms in total. The molecule has 2 rings (SSSR count). The first-order valence-electron chi connectivity index (χ1n) is 6.02. The molecule has 0 radical (unpaired) electrons. The van der Waals surface area contributed by atoms with Crippen LogP contribution in [0.3, 0.4) is 0 Å². The van der Waals surface area contributed by atoms with Crippen molar-refractivity contribution in [2.75, 3.05) is 6.54 Å². The van der Waals surface area contributed by atoms with Gasteiger partial charge in [-0.25, -0.2) is 0 Å². The smallest absolute Gasteiger partial charge is 0.0498 e. The molecule has 1 aliphatic carbocycles. The van der Waals surface area contributed by atoms with E-state index in [-0.39, 0.29) is 0 Å². The molecule has 1 aliphatic heterocycles. The van der Waals surface area contributed by atoms with Gasteiger partial charge in [-0.1, -0.05) is 31.4 Å². The average molecular weight is 191 g/mol. The van der Waals surface area contributed by atoms with Crippen LogP contribution in [0.4, 0.5) is 0 Å². The minimum atomic E-state index is 0.685. The zero-order valence-corrected chi connectivity index (χ0v) is 9.15. The molecule has 0 saturated heterocycles. The van der Waals surface area contributed by atoms with Crippen molar-refractivity contribution in [2.45, 2.75) is 45.1 Å². The molecular weight excluding hydrogens is 170 g/mol. The SMILES string of the molecule is CCN1C=CC=CC1C1CCCCC1. The van der Waals surface area contributed by atoms with E-state index in [0.717, 1.165) is 12.5 Å². The van der Waals surface area contributed by atoms with Crippen LogP contribution in [0.15, 0.2) is 24.4 Å². The fourth-order valence-electron chi connectivity index (χ4n) is 2.77. The molecule has 0 amide bonds. The van der Waals surface area contributed by atoms with Crippen molar-refractivity contribution >= 4 is 0 Å². The van der Waals surface area contributed by atoms with E-state index in [1.165, 1.54) is 32.1 Å². The summed E-state index contributed by atoms with van der Waals surface area (Å²) in [6, 6.07) is 0.685. The predicted molar refractivity (Wildman–Crippen MR) is 61.0 cm³/mol. The number of likely N-dealkylation sites (N-methyl/N-ethyl adjacent to an activating group) is 1. The molecule has 0 bridgehead atoms. The number of hydrogen-bond donors (Lipinski definition) is 0. The van der Waals surface area contributed by atoms with E-state index < -0.39 is 0 Å². The molecule has 0 N–H and O–H groups in total. The summed E-state index contributed by atoms with van der Waals surface area (Å²) in [5, 5.41) is 0. The molecule has 1 heterocycles. The van der Waals surface area contributed by atoms with E-state index in [0.29, 0.717) is 6.04 Å². The highest BCUT2D eigenvalue weighted by Crippen LogP contribution is 2.30. The summed E-state index contributed by atoms with van der Waals surface area (Å²) >= 11 is 0. The normalized spacial score (nSPS) is 28.4. The van der Waals surface area contributed by atoms with Crippen molar-refractivity contribution in [1.29, 1.82) is 0 Å². The van der Waals surface area contributed by atoms with Crippen molar-refractivity contribution in [1.82, 2.24) is 4.90 Å². The van der Waals surface area contributed by atoms with Crippen molar-refractivity contribution in [3.63, 3.8) is 0 Å². The lowest BCUT2D eigenvalue weighted by Crippen LogP contribution is -2.37. The quantitative estimate of drug-likeness (QED) is 0.647. The van der Waals surface area contributed by atoms with E-state index in [4.69, 9.17) is 0 Å². The Hall–Kier alpha value is -0.720. The minimum absolute atomic E-state index is 0.685. The van der Waals surface area contributed by atoms with Crippen LogP contribution in [-0.2, 0) is 0 Å². The first-order valence-corrected chi connectivity index (χ1v) is 6.02. The zero-order chi connectivity index (χ0) is 9.80. The Morgan fingerprint density at radius 1 is 1.14 bits per heavy atom. The highest BCUT2D eigenvalue weighted by Gasteiger charge is 2.25. The van der Waals surface area contributed by atoms with Gasteiger partial charge in [0.1, 0.15) is 0 Å². The molecule has 0 spiro atoms. The van der Waals surface area contributed by atoms with Crippen LogP contribution < -0.4 is 0 Å². The summed E-state index contributed by atoms with van der Waals surface area (Å²) in [6.07, 6.45) is 16.2. The Morgan fingerprint density at radius 2 is 1.93 bits per heavy atom. The number of rotatable bonds is 2. The van der Waals surface area contributed by atoms with Crippen LogP contribution in [0, 0.1) is 5.92 Å². The van der Waals surface area contributed by atoms with Gasteiger partial charge >= 0.3 is 0 Å². The van der Waals surface area contributed by atoms with Crippen LogP contribution in [0.1, 0.15) is 39.0 Å². The third kappa shape index (κ3) is 2.02. The lowest BCUT2D eigenvalue weighted by molar-refractivity contribution is 0.203. The maximum absolute atomic E-state index is 2.48. The first kappa shape index (κ1) is 9.82. The van der Waals surface area contributed by atoms with Gasteiger partial charge in [0.15, 0.2) is 0 Å². The zero-order valence-electron chi connectivity index (χ0n) is 9.15. The van der Waals surface area contributed by atoms with Gasteiger partial charge in [0.2, 0.25) is 0 Å². The van der Waals surface area contributed by atoms with Crippen molar-refractivity contribution in [3.8, 4) is 0 Å². The molecule has 0 aromatic heterocycles. The number of nitrogens with zero attached hydrogens (tertiary/aromatic N) is 1. The molecule has 1 heteroatoms. The molecule has 0 aromatic rings. The van der Waals surface area contributed by atoms with Crippen LogP contribution in [-0.4, -0.2) is 17.5 Å². The maximum atomic E-state index is 2.48. The fraction of sp³-hybridized carbons (Fsp3) is 0.692. The van der Waals surface area contributed by atoms with E-state index in [1.807, 2.05) is 0 Å². The molecule has 2 aliphatic rings. The third-order valence-electron chi connectivity index (χ3n) is 3.58.